The molecule has 6 heteroatoms. The lowest BCUT2D eigenvalue weighted by atomic mass is 10.2. The van der Waals surface area contributed by atoms with Gasteiger partial charge in [-0.1, -0.05) is 18.2 Å². The molecule has 0 aliphatic carbocycles. The van der Waals surface area contributed by atoms with Gasteiger partial charge in [-0.05, 0) is 26.0 Å². The number of hydrogen-bond acceptors (Lipinski definition) is 4. The van der Waals surface area contributed by atoms with Gasteiger partial charge in [-0.2, -0.15) is 0 Å². The zero-order chi connectivity index (χ0) is 16.5. The summed E-state index contributed by atoms with van der Waals surface area (Å²) in [5, 5.41) is 2.50. The van der Waals surface area contributed by atoms with E-state index in [1.54, 1.807) is 4.90 Å². The fourth-order valence-corrected chi connectivity index (χ4v) is 1.94. The number of para-hydroxylation sites is 1. The summed E-state index contributed by atoms with van der Waals surface area (Å²) < 4.78 is 4.96. The van der Waals surface area contributed by atoms with Crippen LogP contribution in [-0.4, -0.2) is 37.0 Å². The van der Waals surface area contributed by atoms with E-state index in [4.69, 9.17) is 4.74 Å². The summed E-state index contributed by atoms with van der Waals surface area (Å²) in [4.78, 5) is 36.0. The van der Waals surface area contributed by atoms with Crippen molar-refractivity contribution in [2.75, 3.05) is 18.1 Å². The topological polar surface area (TPSA) is 75.7 Å². The van der Waals surface area contributed by atoms with E-state index in [1.165, 1.54) is 6.92 Å². The Kier molecular flexibility index (Phi) is 7.08. The van der Waals surface area contributed by atoms with Crippen LogP contribution < -0.4 is 10.2 Å². The van der Waals surface area contributed by atoms with Crippen molar-refractivity contribution < 1.29 is 19.1 Å². The van der Waals surface area contributed by atoms with Crippen molar-refractivity contribution in [1.82, 2.24) is 5.32 Å². The first kappa shape index (κ1) is 17.7. The Morgan fingerprint density at radius 3 is 2.36 bits per heavy atom. The molecule has 120 valence electrons. The molecule has 0 heterocycles. The van der Waals surface area contributed by atoms with Crippen LogP contribution >= 0.6 is 0 Å². The summed E-state index contributed by atoms with van der Waals surface area (Å²) in [6.45, 7) is 5.04. The Bertz CT molecular complexity index is 514. The third kappa shape index (κ3) is 5.95. The predicted molar refractivity (Wildman–Crippen MR) is 83.3 cm³/mol. The van der Waals surface area contributed by atoms with Crippen LogP contribution in [0.15, 0.2) is 30.3 Å². The van der Waals surface area contributed by atoms with Gasteiger partial charge in [0.1, 0.15) is 0 Å². The fraction of sp³-hybridized carbons (Fsp3) is 0.438. The highest BCUT2D eigenvalue weighted by Crippen LogP contribution is 2.16. The van der Waals surface area contributed by atoms with Crippen molar-refractivity contribution in [3.05, 3.63) is 30.3 Å². The van der Waals surface area contributed by atoms with Gasteiger partial charge in [-0.15, -0.1) is 0 Å². The second kappa shape index (κ2) is 8.81. The van der Waals surface area contributed by atoms with E-state index in [0.29, 0.717) is 0 Å². The lowest BCUT2D eigenvalue weighted by Crippen LogP contribution is -2.40. The molecule has 0 bridgehead atoms. The van der Waals surface area contributed by atoms with E-state index in [9.17, 15) is 14.4 Å². The number of benzene rings is 1. The average Bonchev–Trinajstić information content (AvgIpc) is 2.45. The Labute approximate surface area is 130 Å². The Morgan fingerprint density at radius 1 is 1.18 bits per heavy atom. The smallest absolute Gasteiger partial charge is 0.308 e. The van der Waals surface area contributed by atoms with E-state index in [-0.39, 0.29) is 37.4 Å². The zero-order valence-corrected chi connectivity index (χ0v) is 13.2. The van der Waals surface area contributed by atoms with Gasteiger partial charge in [-0.25, -0.2) is 0 Å². The minimum Gasteiger partial charge on any atom is -0.455 e. The number of ether oxygens (including phenoxy) is 1. The first-order chi connectivity index (χ1) is 10.4. The van der Waals surface area contributed by atoms with Crippen LogP contribution in [-0.2, 0) is 19.1 Å². The van der Waals surface area contributed by atoms with Crippen molar-refractivity contribution in [2.24, 2.45) is 0 Å². The van der Waals surface area contributed by atoms with Gasteiger partial charge >= 0.3 is 5.97 Å². The van der Waals surface area contributed by atoms with Gasteiger partial charge in [0.15, 0.2) is 6.61 Å². The van der Waals surface area contributed by atoms with Crippen LogP contribution in [0.25, 0.3) is 0 Å². The second-order valence-corrected chi connectivity index (χ2v) is 5.09. The minimum atomic E-state index is -0.515. The minimum absolute atomic E-state index is 0.0415. The molecule has 0 atom stereocenters. The molecule has 0 unspecified atom stereocenters. The molecule has 0 radical (unpaired) electrons. The van der Waals surface area contributed by atoms with Gasteiger partial charge in [0.25, 0.3) is 5.91 Å². The highest BCUT2D eigenvalue weighted by Gasteiger charge is 2.20. The molecule has 0 aromatic heterocycles. The average molecular weight is 306 g/mol. The first-order valence-electron chi connectivity index (χ1n) is 7.19. The van der Waals surface area contributed by atoms with Crippen molar-refractivity contribution >= 4 is 23.5 Å². The van der Waals surface area contributed by atoms with Gasteiger partial charge in [0.2, 0.25) is 5.91 Å². The number of esters is 1. The number of carbonyl (C=O) groups is 3. The summed E-state index contributed by atoms with van der Waals surface area (Å²) >= 11 is 0. The maximum atomic E-state index is 12.3. The molecule has 1 rings (SSSR count). The van der Waals surface area contributed by atoms with Crippen LogP contribution in [0.3, 0.4) is 0 Å². The monoisotopic (exact) mass is 306 g/mol. The van der Waals surface area contributed by atoms with Gasteiger partial charge in [-0.3, -0.25) is 14.4 Å². The quantitative estimate of drug-likeness (QED) is 0.775. The van der Waals surface area contributed by atoms with Crippen LogP contribution in [0, 0.1) is 0 Å². The van der Waals surface area contributed by atoms with Crippen molar-refractivity contribution in [3.63, 3.8) is 0 Å². The molecule has 22 heavy (non-hydrogen) atoms. The zero-order valence-electron chi connectivity index (χ0n) is 13.2. The highest BCUT2D eigenvalue weighted by molar-refractivity contribution is 5.95. The summed E-state index contributed by atoms with van der Waals surface area (Å²) in [5.74, 6) is -1.01. The third-order valence-electron chi connectivity index (χ3n) is 2.88. The molecule has 0 aliphatic heterocycles. The molecule has 2 amide bonds. The Morgan fingerprint density at radius 2 is 1.82 bits per heavy atom. The SMILES string of the molecule is CC(=O)NCCC(=O)OCC(=O)N(c1ccccc1)C(C)C. The largest absolute Gasteiger partial charge is 0.455 e. The van der Waals surface area contributed by atoms with Crippen LogP contribution in [0.1, 0.15) is 27.2 Å². The maximum Gasteiger partial charge on any atom is 0.308 e. The van der Waals surface area contributed by atoms with Gasteiger partial charge < -0.3 is 15.0 Å². The normalized spacial score (nSPS) is 10.2. The van der Waals surface area contributed by atoms with Crippen LogP contribution in [0.2, 0.25) is 0 Å². The number of carbonyl (C=O) groups excluding carboxylic acids is 3. The fourth-order valence-electron chi connectivity index (χ4n) is 1.94. The summed E-state index contributed by atoms with van der Waals surface area (Å²) in [7, 11) is 0. The summed E-state index contributed by atoms with van der Waals surface area (Å²) in [6, 6.07) is 9.17. The predicted octanol–water partition coefficient (Wildman–Crippen LogP) is 1.50. The molecule has 0 saturated heterocycles. The Hall–Kier alpha value is -2.37. The molecule has 6 nitrogen and oxygen atoms in total. The number of amides is 2. The van der Waals surface area contributed by atoms with E-state index in [1.807, 2.05) is 44.2 Å². The molecule has 0 spiro atoms. The molecule has 0 fully saturated rings. The Balaban J connectivity index is 2.51. The number of nitrogens with one attached hydrogen (secondary N) is 1. The van der Waals surface area contributed by atoms with E-state index >= 15 is 0 Å². The van der Waals surface area contributed by atoms with Crippen molar-refractivity contribution in [2.45, 2.75) is 33.2 Å². The van der Waals surface area contributed by atoms with Gasteiger partial charge in [0, 0.05) is 25.2 Å². The summed E-state index contributed by atoms with van der Waals surface area (Å²) in [6.07, 6.45) is 0.0415. The van der Waals surface area contributed by atoms with Crippen molar-refractivity contribution in [1.29, 1.82) is 0 Å². The number of rotatable bonds is 7. The maximum absolute atomic E-state index is 12.3. The lowest BCUT2D eigenvalue weighted by molar-refractivity contribution is -0.147. The van der Waals surface area contributed by atoms with Gasteiger partial charge in [0.05, 0.1) is 6.42 Å². The van der Waals surface area contributed by atoms with Crippen LogP contribution in [0.4, 0.5) is 5.69 Å². The van der Waals surface area contributed by atoms with E-state index < -0.39 is 5.97 Å². The summed E-state index contributed by atoms with van der Waals surface area (Å²) in [5.41, 5.74) is 0.761. The number of anilines is 1. The first-order valence-corrected chi connectivity index (χ1v) is 7.19. The number of nitrogens with zero attached hydrogens (tertiary/aromatic N) is 1. The molecule has 1 aromatic carbocycles. The third-order valence-corrected chi connectivity index (χ3v) is 2.88. The van der Waals surface area contributed by atoms with Crippen molar-refractivity contribution in [3.8, 4) is 0 Å². The molecule has 0 aliphatic rings. The standard InChI is InChI=1S/C16H22N2O4/c1-12(2)18(14-7-5-4-6-8-14)15(20)11-22-16(21)9-10-17-13(3)19/h4-8,12H,9-11H2,1-3H3,(H,17,19). The molecule has 1 aromatic rings. The van der Waals surface area contributed by atoms with Crippen LogP contribution in [0.5, 0.6) is 0 Å². The van der Waals surface area contributed by atoms with E-state index in [0.717, 1.165) is 5.69 Å². The molecular formula is C16H22N2O4. The molecule has 0 saturated carbocycles. The lowest BCUT2D eigenvalue weighted by Gasteiger charge is -2.26. The second-order valence-electron chi connectivity index (χ2n) is 5.09. The molecular weight excluding hydrogens is 284 g/mol. The molecule has 1 N–H and O–H groups in total. The van der Waals surface area contributed by atoms with E-state index in [2.05, 4.69) is 5.32 Å². The number of hydrogen-bond donors (Lipinski definition) is 1. The highest BCUT2D eigenvalue weighted by atomic mass is 16.5.